The molecule has 0 atom stereocenters. The fourth-order valence-electron chi connectivity index (χ4n) is 1.43. The Bertz CT molecular complexity index is 444. The lowest BCUT2D eigenvalue weighted by atomic mass is 10.1. The predicted molar refractivity (Wildman–Crippen MR) is 74.0 cm³/mol. The van der Waals surface area contributed by atoms with Crippen LogP contribution < -0.4 is 5.73 Å². The van der Waals surface area contributed by atoms with Crippen molar-refractivity contribution in [3.8, 4) is 0 Å². The van der Waals surface area contributed by atoms with Crippen LogP contribution in [0, 0.1) is 0 Å². The molecule has 1 aromatic heterocycles. The SMILES string of the molecule is CC(C)(C)N(CC(N)=O)C(=O)/C=C/c1cccs1. The standard InChI is InChI=1S/C13H18N2O2S/c1-13(2,3)15(9-11(14)16)12(17)7-6-10-5-4-8-18-10/h4-8H,9H2,1-3H3,(H2,14,16)/b7-6+. The van der Waals surface area contributed by atoms with Crippen molar-refractivity contribution in [3.05, 3.63) is 28.5 Å². The van der Waals surface area contributed by atoms with E-state index in [2.05, 4.69) is 0 Å². The van der Waals surface area contributed by atoms with E-state index in [1.165, 1.54) is 11.0 Å². The second-order valence-corrected chi connectivity index (χ2v) is 5.89. The van der Waals surface area contributed by atoms with E-state index in [4.69, 9.17) is 5.73 Å². The average molecular weight is 266 g/mol. The predicted octanol–water partition coefficient (Wildman–Crippen LogP) is 1.87. The van der Waals surface area contributed by atoms with Crippen LogP contribution in [0.4, 0.5) is 0 Å². The van der Waals surface area contributed by atoms with E-state index in [9.17, 15) is 9.59 Å². The summed E-state index contributed by atoms with van der Waals surface area (Å²) in [5.74, 6) is -0.725. The van der Waals surface area contributed by atoms with Crippen molar-refractivity contribution in [2.24, 2.45) is 5.73 Å². The van der Waals surface area contributed by atoms with Gasteiger partial charge in [-0.1, -0.05) is 6.07 Å². The topological polar surface area (TPSA) is 63.4 Å². The summed E-state index contributed by atoms with van der Waals surface area (Å²) < 4.78 is 0. The number of amides is 2. The number of rotatable bonds is 4. The van der Waals surface area contributed by atoms with E-state index in [1.807, 2.05) is 38.3 Å². The number of hydrogen-bond acceptors (Lipinski definition) is 3. The molecule has 0 saturated heterocycles. The molecule has 0 bridgehead atoms. The molecule has 2 amide bonds. The molecule has 1 aromatic rings. The van der Waals surface area contributed by atoms with Crippen molar-refractivity contribution < 1.29 is 9.59 Å². The maximum atomic E-state index is 12.1. The molecule has 1 heterocycles. The van der Waals surface area contributed by atoms with Gasteiger partial charge in [-0.05, 0) is 38.3 Å². The zero-order chi connectivity index (χ0) is 13.8. The first-order valence-corrected chi connectivity index (χ1v) is 6.50. The first-order valence-electron chi connectivity index (χ1n) is 5.62. The van der Waals surface area contributed by atoms with E-state index in [0.717, 1.165) is 4.88 Å². The maximum Gasteiger partial charge on any atom is 0.247 e. The molecule has 0 unspecified atom stereocenters. The van der Waals surface area contributed by atoms with E-state index in [1.54, 1.807) is 17.4 Å². The molecule has 0 aliphatic rings. The van der Waals surface area contributed by atoms with Crippen molar-refractivity contribution in [3.63, 3.8) is 0 Å². The quantitative estimate of drug-likeness (QED) is 0.846. The van der Waals surface area contributed by atoms with Crippen LogP contribution in [0.15, 0.2) is 23.6 Å². The molecular formula is C13H18N2O2S. The van der Waals surface area contributed by atoms with Crippen LogP contribution in [0.2, 0.25) is 0 Å². The van der Waals surface area contributed by atoms with E-state index in [-0.39, 0.29) is 12.5 Å². The molecule has 0 saturated carbocycles. The van der Waals surface area contributed by atoms with Crippen LogP contribution in [-0.4, -0.2) is 28.8 Å². The van der Waals surface area contributed by atoms with Crippen LogP contribution in [-0.2, 0) is 9.59 Å². The van der Waals surface area contributed by atoms with Crippen LogP contribution in [0.1, 0.15) is 25.6 Å². The monoisotopic (exact) mass is 266 g/mol. The largest absolute Gasteiger partial charge is 0.368 e. The number of nitrogens with two attached hydrogens (primary N) is 1. The Hall–Kier alpha value is -1.62. The number of thiophene rings is 1. The van der Waals surface area contributed by atoms with Crippen LogP contribution in [0.25, 0.3) is 6.08 Å². The van der Waals surface area contributed by atoms with Crippen LogP contribution in [0.3, 0.4) is 0 Å². The van der Waals surface area contributed by atoms with Crippen molar-refractivity contribution in [2.75, 3.05) is 6.54 Å². The maximum absolute atomic E-state index is 12.1. The van der Waals surface area contributed by atoms with Gasteiger partial charge in [-0.25, -0.2) is 0 Å². The second-order valence-electron chi connectivity index (χ2n) is 4.91. The lowest BCUT2D eigenvalue weighted by molar-refractivity contribution is -0.135. The van der Waals surface area contributed by atoms with Crippen molar-refractivity contribution in [1.82, 2.24) is 4.90 Å². The van der Waals surface area contributed by atoms with Crippen LogP contribution >= 0.6 is 11.3 Å². The third kappa shape index (κ3) is 4.33. The van der Waals surface area contributed by atoms with Gasteiger partial charge in [0.1, 0.15) is 6.54 Å². The van der Waals surface area contributed by atoms with Gasteiger partial charge >= 0.3 is 0 Å². The highest BCUT2D eigenvalue weighted by Gasteiger charge is 2.26. The summed E-state index contributed by atoms with van der Waals surface area (Å²) in [5, 5.41) is 1.94. The number of carbonyl (C=O) groups excluding carboxylic acids is 2. The second kappa shape index (κ2) is 5.82. The van der Waals surface area contributed by atoms with Gasteiger partial charge in [0.2, 0.25) is 11.8 Å². The average Bonchev–Trinajstić information content (AvgIpc) is 2.73. The summed E-state index contributed by atoms with van der Waals surface area (Å²) in [6.45, 7) is 5.53. The molecule has 0 aromatic carbocycles. The van der Waals surface area contributed by atoms with Gasteiger partial charge in [0.05, 0.1) is 0 Å². The molecule has 18 heavy (non-hydrogen) atoms. The van der Waals surface area contributed by atoms with Gasteiger partial charge in [-0.3, -0.25) is 9.59 Å². The van der Waals surface area contributed by atoms with Crippen LogP contribution in [0.5, 0.6) is 0 Å². The third-order valence-corrected chi connectivity index (χ3v) is 3.16. The molecule has 0 radical (unpaired) electrons. The molecule has 4 nitrogen and oxygen atoms in total. The van der Waals surface area contributed by atoms with E-state index < -0.39 is 11.4 Å². The fourth-order valence-corrected chi connectivity index (χ4v) is 2.05. The van der Waals surface area contributed by atoms with Gasteiger partial charge in [0, 0.05) is 16.5 Å². The number of carbonyl (C=O) groups is 2. The first kappa shape index (κ1) is 14.4. The molecule has 0 fully saturated rings. The van der Waals surface area contributed by atoms with Gasteiger partial charge in [-0.15, -0.1) is 11.3 Å². The van der Waals surface area contributed by atoms with Crippen molar-refractivity contribution in [2.45, 2.75) is 26.3 Å². The highest BCUT2D eigenvalue weighted by molar-refractivity contribution is 7.10. The Balaban J connectivity index is 2.80. The van der Waals surface area contributed by atoms with Gasteiger partial charge in [-0.2, -0.15) is 0 Å². The molecular weight excluding hydrogens is 248 g/mol. The normalized spacial score (nSPS) is 11.7. The summed E-state index contributed by atoms with van der Waals surface area (Å²) in [5.41, 5.74) is 4.73. The fraction of sp³-hybridized carbons (Fsp3) is 0.385. The molecule has 98 valence electrons. The Morgan fingerprint density at radius 3 is 2.56 bits per heavy atom. The Labute approximate surface area is 111 Å². The Kier molecular flexibility index (Phi) is 4.67. The lowest BCUT2D eigenvalue weighted by Crippen LogP contribution is -2.48. The highest BCUT2D eigenvalue weighted by Crippen LogP contribution is 2.15. The summed E-state index contributed by atoms with van der Waals surface area (Å²) >= 11 is 1.55. The Morgan fingerprint density at radius 1 is 1.44 bits per heavy atom. The number of primary amides is 1. The zero-order valence-electron chi connectivity index (χ0n) is 10.8. The number of nitrogens with zero attached hydrogens (tertiary/aromatic N) is 1. The van der Waals surface area contributed by atoms with Gasteiger partial charge < -0.3 is 10.6 Å². The van der Waals surface area contributed by atoms with Crippen molar-refractivity contribution >= 4 is 29.2 Å². The summed E-state index contributed by atoms with van der Waals surface area (Å²) in [6, 6.07) is 3.84. The molecule has 0 aliphatic carbocycles. The minimum absolute atomic E-state index is 0.0723. The van der Waals surface area contributed by atoms with E-state index in [0.29, 0.717) is 0 Å². The molecule has 0 spiro atoms. The van der Waals surface area contributed by atoms with Gasteiger partial charge in [0.25, 0.3) is 0 Å². The summed E-state index contributed by atoms with van der Waals surface area (Å²) in [7, 11) is 0. The highest BCUT2D eigenvalue weighted by atomic mass is 32.1. The van der Waals surface area contributed by atoms with Crippen molar-refractivity contribution in [1.29, 1.82) is 0 Å². The van der Waals surface area contributed by atoms with E-state index >= 15 is 0 Å². The summed E-state index contributed by atoms with van der Waals surface area (Å²) in [6.07, 6.45) is 3.22. The summed E-state index contributed by atoms with van der Waals surface area (Å²) in [4.78, 5) is 25.5. The number of hydrogen-bond donors (Lipinski definition) is 1. The van der Waals surface area contributed by atoms with Gasteiger partial charge in [0.15, 0.2) is 0 Å². The molecule has 1 rings (SSSR count). The minimum Gasteiger partial charge on any atom is -0.368 e. The molecule has 2 N–H and O–H groups in total. The zero-order valence-corrected chi connectivity index (χ0v) is 11.7. The third-order valence-electron chi connectivity index (χ3n) is 2.32. The Morgan fingerprint density at radius 2 is 2.11 bits per heavy atom. The smallest absolute Gasteiger partial charge is 0.247 e. The molecule has 0 aliphatic heterocycles. The molecule has 5 heteroatoms. The lowest BCUT2D eigenvalue weighted by Gasteiger charge is -2.33. The minimum atomic E-state index is -0.511. The first-order chi connectivity index (χ1) is 8.30.